The lowest BCUT2D eigenvalue weighted by Crippen LogP contribution is -2.41. The lowest BCUT2D eigenvalue weighted by Gasteiger charge is -2.27. The van der Waals surface area contributed by atoms with E-state index in [4.69, 9.17) is 11.6 Å². The minimum Gasteiger partial charge on any atom is -0.480 e. The van der Waals surface area contributed by atoms with Gasteiger partial charge in [0.15, 0.2) is 5.78 Å². The number of carbonyl (C=O) groups excluding carboxylic acids is 1. The fourth-order valence-corrected chi connectivity index (χ4v) is 2.64. The summed E-state index contributed by atoms with van der Waals surface area (Å²) in [6.45, 7) is 1.66. The van der Waals surface area contributed by atoms with Gasteiger partial charge in [0.2, 0.25) is 0 Å². The predicted molar refractivity (Wildman–Crippen MR) is 86.2 cm³/mol. The highest BCUT2D eigenvalue weighted by Gasteiger charge is 2.44. The Hall–Kier alpha value is -2.20. The average Bonchev–Trinajstić information content (AvgIpc) is 2.54. The Kier molecular flexibility index (Phi) is 5.16. The number of carboxylic acid groups (broad SMARTS) is 1. The van der Waals surface area contributed by atoms with Gasteiger partial charge in [-0.1, -0.05) is 30.7 Å². The Bertz CT molecular complexity index is 710. The molecule has 5 heteroatoms. The predicted octanol–water partition coefficient (Wildman–Crippen LogP) is 4.39. The van der Waals surface area contributed by atoms with E-state index in [9.17, 15) is 19.1 Å². The van der Waals surface area contributed by atoms with Gasteiger partial charge in [-0.2, -0.15) is 0 Å². The summed E-state index contributed by atoms with van der Waals surface area (Å²) in [6, 6.07) is 11.6. The smallest absolute Gasteiger partial charge is 0.317 e. The van der Waals surface area contributed by atoms with E-state index in [1.165, 1.54) is 36.4 Å². The van der Waals surface area contributed by atoms with Gasteiger partial charge in [-0.05, 0) is 54.8 Å². The molecule has 2 rings (SSSR count). The Balaban J connectivity index is 2.42. The van der Waals surface area contributed by atoms with Crippen LogP contribution in [0.1, 0.15) is 29.3 Å². The number of halogens is 2. The highest BCUT2D eigenvalue weighted by Crippen LogP contribution is 2.32. The molecule has 0 radical (unpaired) electrons. The number of ketones is 1. The van der Waals surface area contributed by atoms with E-state index in [0.717, 1.165) is 0 Å². The molecule has 0 spiro atoms. The van der Waals surface area contributed by atoms with Crippen LogP contribution in [0, 0.1) is 11.2 Å². The first kappa shape index (κ1) is 17.2. The maximum absolute atomic E-state index is 13.0. The van der Waals surface area contributed by atoms with Crippen molar-refractivity contribution in [3.63, 3.8) is 0 Å². The molecule has 0 heterocycles. The summed E-state index contributed by atoms with van der Waals surface area (Å²) >= 11 is 5.81. The summed E-state index contributed by atoms with van der Waals surface area (Å²) in [5.74, 6) is -2.08. The number of aliphatic carboxylic acids is 1. The van der Waals surface area contributed by atoms with Crippen LogP contribution in [0.5, 0.6) is 0 Å². The second kappa shape index (κ2) is 6.92. The van der Waals surface area contributed by atoms with Gasteiger partial charge in [0.1, 0.15) is 11.2 Å². The summed E-state index contributed by atoms with van der Waals surface area (Å²) in [5, 5.41) is 10.2. The number of benzene rings is 2. The van der Waals surface area contributed by atoms with E-state index in [2.05, 4.69) is 0 Å². The van der Waals surface area contributed by atoms with Crippen molar-refractivity contribution in [1.82, 2.24) is 0 Å². The van der Waals surface area contributed by atoms with E-state index in [1.54, 1.807) is 19.1 Å². The first-order valence-corrected chi connectivity index (χ1v) is 7.55. The molecule has 3 nitrogen and oxygen atoms in total. The number of Topliss-reactive ketones (excluding diaryl/α,β-unsaturated/α-hetero) is 1. The van der Waals surface area contributed by atoms with Crippen LogP contribution in [-0.2, 0) is 11.2 Å². The van der Waals surface area contributed by atoms with Crippen molar-refractivity contribution < 1.29 is 19.1 Å². The number of hydrogen-bond donors (Lipinski definition) is 1. The number of hydrogen-bond acceptors (Lipinski definition) is 2. The molecular weight excluding hydrogens is 319 g/mol. The molecule has 0 aliphatic rings. The van der Waals surface area contributed by atoms with Crippen LogP contribution >= 0.6 is 11.6 Å². The van der Waals surface area contributed by atoms with Crippen molar-refractivity contribution in [3.05, 3.63) is 70.5 Å². The van der Waals surface area contributed by atoms with Crippen molar-refractivity contribution in [2.24, 2.45) is 5.41 Å². The zero-order valence-corrected chi connectivity index (χ0v) is 13.3. The molecule has 0 aliphatic heterocycles. The fourth-order valence-electron chi connectivity index (χ4n) is 2.52. The molecule has 23 heavy (non-hydrogen) atoms. The highest BCUT2D eigenvalue weighted by atomic mass is 35.5. The van der Waals surface area contributed by atoms with Crippen LogP contribution < -0.4 is 0 Å². The first-order valence-electron chi connectivity index (χ1n) is 7.17. The summed E-state index contributed by atoms with van der Waals surface area (Å²) in [7, 11) is 0. The largest absolute Gasteiger partial charge is 0.480 e. The molecule has 0 bridgehead atoms. The molecule has 0 saturated heterocycles. The zero-order valence-electron chi connectivity index (χ0n) is 12.6. The van der Waals surface area contributed by atoms with Crippen LogP contribution in [0.2, 0.25) is 5.02 Å². The average molecular weight is 335 g/mol. The van der Waals surface area contributed by atoms with Gasteiger partial charge >= 0.3 is 5.97 Å². The van der Waals surface area contributed by atoms with Crippen LogP contribution in [0.4, 0.5) is 4.39 Å². The quantitative estimate of drug-likeness (QED) is 0.630. The van der Waals surface area contributed by atoms with E-state index < -0.39 is 23.0 Å². The van der Waals surface area contributed by atoms with Crippen molar-refractivity contribution >= 4 is 23.4 Å². The van der Waals surface area contributed by atoms with Gasteiger partial charge in [-0.15, -0.1) is 0 Å². The Morgan fingerprint density at radius 3 is 2.13 bits per heavy atom. The summed E-state index contributed by atoms with van der Waals surface area (Å²) in [5.41, 5.74) is -0.704. The maximum atomic E-state index is 13.0. The first-order chi connectivity index (χ1) is 10.9. The highest BCUT2D eigenvalue weighted by molar-refractivity contribution is 6.30. The topological polar surface area (TPSA) is 54.4 Å². The molecule has 0 saturated carbocycles. The third kappa shape index (κ3) is 3.59. The van der Waals surface area contributed by atoms with Crippen LogP contribution in [0.15, 0.2) is 48.5 Å². The van der Waals surface area contributed by atoms with Gasteiger partial charge in [-0.3, -0.25) is 9.59 Å². The van der Waals surface area contributed by atoms with E-state index in [1.807, 2.05) is 0 Å². The molecular formula is C18H16ClFO3. The Labute approximate surface area is 138 Å². The van der Waals surface area contributed by atoms with Gasteiger partial charge in [-0.25, -0.2) is 4.39 Å². The third-order valence-corrected chi connectivity index (χ3v) is 4.23. The molecule has 120 valence electrons. The second-order valence-corrected chi connectivity index (χ2v) is 5.82. The summed E-state index contributed by atoms with van der Waals surface area (Å²) in [4.78, 5) is 24.7. The van der Waals surface area contributed by atoms with Crippen molar-refractivity contribution in [3.8, 4) is 0 Å². The SMILES string of the molecule is CCC(Cc1ccc(F)cc1)(C(=O)O)C(=O)c1ccc(Cl)cc1. The van der Waals surface area contributed by atoms with Gasteiger partial charge in [0, 0.05) is 10.6 Å². The molecule has 0 aliphatic carbocycles. The molecule has 1 atom stereocenters. The van der Waals surface area contributed by atoms with Crippen molar-refractivity contribution in [2.45, 2.75) is 19.8 Å². The van der Waals surface area contributed by atoms with Gasteiger partial charge < -0.3 is 5.11 Å². The van der Waals surface area contributed by atoms with Crippen LogP contribution in [0.25, 0.3) is 0 Å². The van der Waals surface area contributed by atoms with E-state index in [-0.39, 0.29) is 12.8 Å². The fraction of sp³-hybridized carbons (Fsp3) is 0.222. The normalized spacial score (nSPS) is 13.3. The Morgan fingerprint density at radius 1 is 1.09 bits per heavy atom. The molecule has 1 unspecified atom stereocenters. The summed E-state index contributed by atoms with van der Waals surface area (Å²) < 4.78 is 13.0. The molecule has 0 aromatic heterocycles. The standard InChI is InChI=1S/C18H16ClFO3/c1-2-18(17(22)23,11-12-3-9-15(20)10-4-12)16(21)13-5-7-14(19)8-6-13/h3-10H,2,11H2,1H3,(H,22,23). The van der Waals surface area contributed by atoms with Gasteiger partial charge in [0.25, 0.3) is 0 Å². The minimum absolute atomic E-state index is 0.000569. The summed E-state index contributed by atoms with van der Waals surface area (Å²) in [6.07, 6.45) is 0.127. The molecule has 0 fully saturated rings. The second-order valence-electron chi connectivity index (χ2n) is 5.38. The molecule has 1 N–H and O–H groups in total. The van der Waals surface area contributed by atoms with Crippen LogP contribution in [-0.4, -0.2) is 16.9 Å². The van der Waals surface area contributed by atoms with Crippen molar-refractivity contribution in [1.29, 1.82) is 0 Å². The maximum Gasteiger partial charge on any atom is 0.317 e. The van der Waals surface area contributed by atoms with Crippen LogP contribution in [0.3, 0.4) is 0 Å². The number of carboxylic acids is 1. The zero-order chi connectivity index (χ0) is 17.0. The van der Waals surface area contributed by atoms with Gasteiger partial charge in [0.05, 0.1) is 0 Å². The minimum atomic E-state index is -1.59. The molecule has 2 aromatic rings. The van der Waals surface area contributed by atoms with Crippen molar-refractivity contribution in [2.75, 3.05) is 0 Å². The van der Waals surface area contributed by atoms with E-state index in [0.29, 0.717) is 16.1 Å². The lowest BCUT2D eigenvalue weighted by molar-refractivity contribution is -0.146. The number of carbonyl (C=O) groups is 2. The Morgan fingerprint density at radius 2 is 1.65 bits per heavy atom. The molecule has 2 aromatic carbocycles. The number of rotatable bonds is 6. The van der Waals surface area contributed by atoms with E-state index >= 15 is 0 Å². The third-order valence-electron chi connectivity index (χ3n) is 3.97. The monoisotopic (exact) mass is 334 g/mol. The lowest BCUT2D eigenvalue weighted by atomic mass is 9.73. The molecule has 0 amide bonds.